The fourth-order valence-electron chi connectivity index (χ4n) is 0.881. The van der Waals surface area contributed by atoms with Crippen molar-refractivity contribution in [1.82, 2.24) is 0 Å². The maximum atomic E-state index is 11.1. The smallest absolute Gasteiger partial charge is 0.149 e. The Kier molecular flexibility index (Phi) is 5.00. The molecule has 0 aliphatic heterocycles. The average Bonchev–Trinajstić information content (AvgIpc) is 2.04. The first-order chi connectivity index (χ1) is 5.56. The summed E-state index contributed by atoms with van der Waals surface area (Å²) in [5, 5.41) is 8.78. The fraction of sp³-hybridized carbons (Fsp3) is 0.778. The summed E-state index contributed by atoms with van der Waals surface area (Å²) in [5.74, 6) is 0.996. The number of carbonyl (C=O) groups is 1. The second kappa shape index (κ2) is 5.21. The van der Waals surface area contributed by atoms with Gasteiger partial charge < -0.3 is 0 Å². The Balaban J connectivity index is 4.00. The van der Waals surface area contributed by atoms with Crippen molar-refractivity contribution in [1.29, 1.82) is 5.26 Å². The Labute approximate surface area is 78.3 Å². The monoisotopic (exact) mass is 185 g/mol. The van der Waals surface area contributed by atoms with Gasteiger partial charge >= 0.3 is 0 Å². The molecule has 0 heterocycles. The van der Waals surface area contributed by atoms with E-state index in [1.807, 2.05) is 6.26 Å². The van der Waals surface area contributed by atoms with Crippen LogP contribution in [0, 0.1) is 16.7 Å². The van der Waals surface area contributed by atoms with Crippen LogP contribution in [0.1, 0.15) is 26.7 Å². The number of carbonyl (C=O) groups excluding carboxylic acids is 1. The van der Waals surface area contributed by atoms with Crippen LogP contribution in [-0.2, 0) is 4.79 Å². The second-order valence-corrected chi connectivity index (χ2v) is 4.08. The van der Waals surface area contributed by atoms with Crippen molar-refractivity contribution in [2.24, 2.45) is 5.41 Å². The highest BCUT2D eigenvalue weighted by Crippen LogP contribution is 2.23. The minimum Gasteiger partial charge on any atom is -0.298 e. The first-order valence-corrected chi connectivity index (χ1v) is 5.37. The maximum absolute atomic E-state index is 11.1. The van der Waals surface area contributed by atoms with E-state index in [-0.39, 0.29) is 5.78 Å². The highest BCUT2D eigenvalue weighted by Gasteiger charge is 2.28. The molecule has 0 bridgehead atoms. The summed E-state index contributed by atoms with van der Waals surface area (Å²) in [4.78, 5) is 11.1. The number of nitriles is 1. The Morgan fingerprint density at radius 2 is 2.25 bits per heavy atom. The Morgan fingerprint density at radius 3 is 2.58 bits per heavy atom. The molecule has 68 valence electrons. The summed E-state index contributed by atoms with van der Waals surface area (Å²) < 4.78 is 0. The number of rotatable bonds is 5. The van der Waals surface area contributed by atoms with Crippen molar-refractivity contribution in [3.05, 3.63) is 0 Å². The molecule has 12 heavy (non-hydrogen) atoms. The van der Waals surface area contributed by atoms with Gasteiger partial charge in [-0.1, -0.05) is 0 Å². The largest absolute Gasteiger partial charge is 0.298 e. The van der Waals surface area contributed by atoms with Crippen molar-refractivity contribution in [3.63, 3.8) is 0 Å². The van der Waals surface area contributed by atoms with Gasteiger partial charge in [0.1, 0.15) is 11.2 Å². The lowest BCUT2D eigenvalue weighted by molar-refractivity contribution is -0.123. The van der Waals surface area contributed by atoms with Crippen LogP contribution in [0.5, 0.6) is 0 Å². The standard InChI is InChI=1S/C9H15NOS/c1-8(11)9(2,7-10)5-4-6-12-3/h4-6H2,1-3H3. The van der Waals surface area contributed by atoms with E-state index in [1.54, 1.807) is 18.7 Å². The zero-order chi connectivity index (χ0) is 9.61. The molecule has 0 amide bonds. The van der Waals surface area contributed by atoms with Gasteiger partial charge in [-0.25, -0.2) is 0 Å². The molecular formula is C9H15NOS. The lowest BCUT2D eigenvalue weighted by atomic mass is 9.84. The molecule has 0 aliphatic rings. The highest BCUT2D eigenvalue weighted by molar-refractivity contribution is 7.98. The predicted octanol–water partition coefficient (Wildman–Crippen LogP) is 2.25. The maximum Gasteiger partial charge on any atom is 0.149 e. The molecule has 1 atom stereocenters. The van der Waals surface area contributed by atoms with E-state index in [0.29, 0.717) is 6.42 Å². The fourth-order valence-corrected chi connectivity index (χ4v) is 1.31. The third kappa shape index (κ3) is 3.27. The number of thioether (sulfide) groups is 1. The topological polar surface area (TPSA) is 40.9 Å². The van der Waals surface area contributed by atoms with Crippen LogP contribution < -0.4 is 0 Å². The van der Waals surface area contributed by atoms with Gasteiger partial charge in [-0.2, -0.15) is 17.0 Å². The molecular weight excluding hydrogens is 170 g/mol. The minimum atomic E-state index is -0.754. The van der Waals surface area contributed by atoms with Gasteiger partial charge in [0.2, 0.25) is 0 Å². The van der Waals surface area contributed by atoms with Crippen molar-refractivity contribution >= 4 is 17.5 Å². The molecule has 0 radical (unpaired) electrons. The average molecular weight is 185 g/mol. The molecule has 2 nitrogen and oxygen atoms in total. The van der Waals surface area contributed by atoms with Crippen LogP contribution in [-0.4, -0.2) is 17.8 Å². The summed E-state index contributed by atoms with van der Waals surface area (Å²) in [6.45, 7) is 3.21. The second-order valence-electron chi connectivity index (χ2n) is 3.10. The number of hydrogen-bond acceptors (Lipinski definition) is 3. The van der Waals surface area contributed by atoms with Gasteiger partial charge in [0.15, 0.2) is 0 Å². The lowest BCUT2D eigenvalue weighted by Gasteiger charge is -2.16. The third-order valence-corrected chi connectivity index (χ3v) is 2.75. The highest BCUT2D eigenvalue weighted by atomic mass is 32.2. The molecule has 0 saturated carbocycles. The van der Waals surface area contributed by atoms with Gasteiger partial charge in [0.25, 0.3) is 0 Å². The van der Waals surface area contributed by atoms with E-state index in [9.17, 15) is 4.79 Å². The number of Topliss-reactive ketones (excluding diaryl/α,β-unsaturated/α-hetero) is 1. The summed E-state index contributed by atoms with van der Waals surface area (Å²) >= 11 is 1.74. The molecule has 1 unspecified atom stereocenters. The van der Waals surface area contributed by atoms with E-state index in [0.717, 1.165) is 12.2 Å². The Bertz CT molecular complexity index is 197. The van der Waals surface area contributed by atoms with E-state index >= 15 is 0 Å². The van der Waals surface area contributed by atoms with Crippen LogP contribution in [0.4, 0.5) is 0 Å². The van der Waals surface area contributed by atoms with Crippen molar-refractivity contribution in [2.75, 3.05) is 12.0 Å². The molecule has 0 aliphatic carbocycles. The summed E-state index contributed by atoms with van der Waals surface area (Å²) in [6, 6.07) is 2.08. The lowest BCUT2D eigenvalue weighted by Crippen LogP contribution is -2.23. The molecule has 0 aromatic carbocycles. The van der Waals surface area contributed by atoms with Gasteiger partial charge in [0, 0.05) is 0 Å². The van der Waals surface area contributed by atoms with Crippen molar-refractivity contribution in [3.8, 4) is 6.07 Å². The van der Waals surface area contributed by atoms with Crippen molar-refractivity contribution < 1.29 is 4.79 Å². The molecule has 0 N–H and O–H groups in total. The van der Waals surface area contributed by atoms with Gasteiger partial charge in [-0.05, 0) is 38.7 Å². The van der Waals surface area contributed by atoms with E-state index in [4.69, 9.17) is 5.26 Å². The van der Waals surface area contributed by atoms with Gasteiger partial charge in [-0.15, -0.1) is 0 Å². The summed E-state index contributed by atoms with van der Waals surface area (Å²) in [6.07, 6.45) is 3.64. The Hall–Kier alpha value is -0.490. The van der Waals surface area contributed by atoms with Crippen LogP contribution in [0.15, 0.2) is 0 Å². The molecule has 0 aromatic heterocycles. The zero-order valence-corrected chi connectivity index (χ0v) is 8.70. The number of hydrogen-bond donors (Lipinski definition) is 0. The molecule has 0 spiro atoms. The first kappa shape index (κ1) is 11.5. The predicted molar refractivity (Wildman–Crippen MR) is 52.0 cm³/mol. The zero-order valence-electron chi connectivity index (χ0n) is 7.89. The first-order valence-electron chi connectivity index (χ1n) is 3.98. The van der Waals surface area contributed by atoms with Gasteiger partial charge in [-0.3, -0.25) is 4.79 Å². The molecule has 0 fully saturated rings. The number of ketones is 1. The minimum absolute atomic E-state index is 0.0221. The summed E-state index contributed by atoms with van der Waals surface area (Å²) in [7, 11) is 0. The van der Waals surface area contributed by atoms with Crippen molar-refractivity contribution in [2.45, 2.75) is 26.7 Å². The molecule has 0 aromatic rings. The van der Waals surface area contributed by atoms with Crippen LogP contribution >= 0.6 is 11.8 Å². The van der Waals surface area contributed by atoms with E-state index < -0.39 is 5.41 Å². The van der Waals surface area contributed by atoms with E-state index in [1.165, 1.54) is 6.92 Å². The van der Waals surface area contributed by atoms with Crippen LogP contribution in [0.25, 0.3) is 0 Å². The Morgan fingerprint density at radius 1 is 1.67 bits per heavy atom. The number of nitrogens with zero attached hydrogens (tertiary/aromatic N) is 1. The SMILES string of the molecule is CSCCCC(C)(C#N)C(C)=O. The molecule has 0 rings (SSSR count). The van der Waals surface area contributed by atoms with Crippen LogP contribution in [0.2, 0.25) is 0 Å². The third-order valence-electron chi connectivity index (χ3n) is 2.05. The quantitative estimate of drug-likeness (QED) is 0.617. The summed E-state index contributed by atoms with van der Waals surface area (Å²) in [5.41, 5.74) is -0.754. The molecule has 0 saturated heterocycles. The molecule has 3 heteroatoms. The van der Waals surface area contributed by atoms with Crippen LogP contribution in [0.3, 0.4) is 0 Å². The normalized spacial score (nSPS) is 14.8. The van der Waals surface area contributed by atoms with E-state index in [2.05, 4.69) is 6.07 Å². The van der Waals surface area contributed by atoms with Gasteiger partial charge in [0.05, 0.1) is 6.07 Å².